The van der Waals surface area contributed by atoms with E-state index < -0.39 is 81.2 Å². The zero-order chi connectivity index (χ0) is 46.3. The summed E-state index contributed by atoms with van der Waals surface area (Å²) in [6.07, 6.45) is 5.64. The molecule has 2 aromatic heterocycles. The first kappa shape index (κ1) is 45.0. The van der Waals surface area contributed by atoms with Crippen molar-refractivity contribution in [2.45, 2.75) is 63.1 Å². The van der Waals surface area contributed by atoms with E-state index in [-0.39, 0.29) is 42.9 Å². The molecule has 9 rings (SSSR count). The van der Waals surface area contributed by atoms with Gasteiger partial charge in [-0.3, -0.25) is 29.2 Å². The molecule has 66 heavy (non-hydrogen) atoms. The van der Waals surface area contributed by atoms with Crippen LogP contribution in [0.5, 0.6) is 0 Å². The van der Waals surface area contributed by atoms with E-state index in [0.717, 1.165) is 91.7 Å². The van der Waals surface area contributed by atoms with Crippen molar-refractivity contribution in [2.24, 2.45) is 5.92 Å². The van der Waals surface area contributed by atoms with Gasteiger partial charge in [-0.1, -0.05) is 18.2 Å². The Morgan fingerprint density at radius 1 is 0.818 bits per heavy atom. The fraction of sp³-hybridized carbons (Fsp3) is 0.383. The van der Waals surface area contributed by atoms with Crippen LogP contribution in [0.15, 0.2) is 73.1 Å². The molecular weight excluding hydrogens is 881 g/mol. The zero-order valence-corrected chi connectivity index (χ0v) is 36.6. The molecule has 14 nitrogen and oxygen atoms in total. The van der Waals surface area contributed by atoms with E-state index in [0.29, 0.717) is 22.5 Å². The van der Waals surface area contributed by atoms with Gasteiger partial charge < -0.3 is 20.1 Å². The molecule has 3 amide bonds. The Labute approximate surface area is 378 Å². The molecule has 4 aliphatic rings. The van der Waals surface area contributed by atoms with E-state index in [2.05, 4.69) is 30.4 Å². The summed E-state index contributed by atoms with van der Waals surface area (Å²) in [6, 6.07) is 15.1. The van der Waals surface area contributed by atoms with Crippen LogP contribution >= 0.6 is 0 Å². The van der Waals surface area contributed by atoms with Crippen molar-refractivity contribution in [1.29, 1.82) is 0 Å². The van der Waals surface area contributed by atoms with Gasteiger partial charge in [0.05, 0.1) is 16.8 Å². The van der Waals surface area contributed by atoms with E-state index in [4.69, 9.17) is 0 Å². The number of halogens is 4. The number of fused-ring (bicyclic) bond motifs is 1. The normalized spacial score (nSPS) is 20.5. The molecule has 5 aromatic rings. The van der Waals surface area contributed by atoms with Crippen LogP contribution in [-0.4, -0.2) is 109 Å². The summed E-state index contributed by atoms with van der Waals surface area (Å²) in [6.45, 7) is 4.02. The van der Waals surface area contributed by atoms with E-state index >= 15 is 8.78 Å². The number of aromatic amines is 1. The van der Waals surface area contributed by atoms with Crippen LogP contribution in [0.2, 0.25) is 0 Å². The molecule has 0 unspecified atom stereocenters. The Kier molecular flexibility index (Phi) is 12.7. The first-order valence-corrected chi connectivity index (χ1v) is 23.6. The third-order valence-electron chi connectivity index (χ3n) is 13.3. The lowest BCUT2D eigenvalue weighted by Gasteiger charge is -2.38. The second kappa shape index (κ2) is 18.6. The van der Waals surface area contributed by atoms with Crippen LogP contribution < -0.4 is 20.3 Å². The molecule has 0 radical (unpaired) electrons. The molecule has 0 bridgehead atoms. The monoisotopic (exact) mass is 928 g/mol. The van der Waals surface area contributed by atoms with Crippen molar-refractivity contribution in [3.63, 3.8) is 0 Å². The third kappa shape index (κ3) is 9.41. The minimum Gasteiger partial charge on any atom is -0.372 e. The number of alkyl halides is 1. The third-order valence-corrected chi connectivity index (χ3v) is 14.8. The number of carbonyl (C=O) groups is 4. The number of carbonyl (C=O) groups excluding carboxylic acids is 4. The standard InChI is InChI=1S/C47H48F4N8O6S/c48-32-15-20-59(26-32)66(64,65)56-39-8-7-38(50)42(43(39)51)44(61)36-24-53-45-34(36)22-31(23-52-45)28-1-4-33(5-2-28)58-18-11-27(12-19-58)25-57-16-13-29(14-17-57)30-3-6-37(49)35(21-30)46(62)54-40-9-10-41(60)55-47(40)63/h1-8,21-24,27,29,32,40,56H,9-20,25-26H2,(H,52,53)(H,54,62)(H,55,60,63)/t32-,40+/m1/s1. The van der Waals surface area contributed by atoms with Crippen molar-refractivity contribution < 1.29 is 45.2 Å². The Bertz CT molecular complexity index is 2810. The molecule has 0 spiro atoms. The van der Waals surface area contributed by atoms with Crippen LogP contribution in [0.3, 0.4) is 0 Å². The van der Waals surface area contributed by atoms with Crippen LogP contribution in [0, 0.1) is 23.4 Å². The van der Waals surface area contributed by atoms with Gasteiger partial charge in [-0.15, -0.1) is 0 Å². The summed E-state index contributed by atoms with van der Waals surface area (Å²) >= 11 is 0. The topological polar surface area (TPSA) is 177 Å². The lowest BCUT2D eigenvalue weighted by molar-refractivity contribution is -0.134. The largest absolute Gasteiger partial charge is 0.372 e. The maximum atomic E-state index is 15.8. The van der Waals surface area contributed by atoms with Gasteiger partial charge in [0.15, 0.2) is 5.82 Å². The number of hydrogen-bond acceptors (Lipinski definition) is 9. The lowest BCUT2D eigenvalue weighted by atomic mass is 9.87. The highest BCUT2D eigenvalue weighted by molar-refractivity contribution is 7.90. The number of benzene rings is 3. The fourth-order valence-electron chi connectivity index (χ4n) is 9.52. The van der Waals surface area contributed by atoms with Crippen molar-refractivity contribution >= 4 is 56.1 Å². The number of nitrogens with zero attached hydrogens (tertiary/aromatic N) is 4. The van der Waals surface area contributed by atoms with Gasteiger partial charge in [0.1, 0.15) is 29.5 Å². The van der Waals surface area contributed by atoms with Gasteiger partial charge in [-0.2, -0.15) is 12.7 Å². The van der Waals surface area contributed by atoms with Gasteiger partial charge >= 0.3 is 10.2 Å². The number of anilines is 2. The van der Waals surface area contributed by atoms with E-state index in [1.807, 2.05) is 29.0 Å². The SMILES string of the molecule is O=C1CC[C@H](NC(=O)c2cc(C3CCN(CC4CCN(c5ccc(-c6cnc7[nH]cc(C(=O)c8c(F)ccc(NS(=O)(=O)N9CC[C@@H](F)C9)c8F)c7c6)cc5)CC4)CC3)ccc2F)C(=O)N1. The molecule has 4 fully saturated rings. The Morgan fingerprint density at radius 2 is 1.56 bits per heavy atom. The van der Waals surface area contributed by atoms with Crippen LogP contribution in [-0.2, 0) is 19.8 Å². The first-order chi connectivity index (χ1) is 31.7. The van der Waals surface area contributed by atoms with Gasteiger partial charge in [0.2, 0.25) is 17.6 Å². The first-order valence-electron chi connectivity index (χ1n) is 22.1. The quantitative estimate of drug-likeness (QED) is 0.0644. The maximum Gasteiger partial charge on any atom is 0.301 e. The second-order valence-corrected chi connectivity index (χ2v) is 19.2. The molecule has 0 saturated carbocycles. The number of pyridine rings is 1. The van der Waals surface area contributed by atoms with E-state index in [1.165, 1.54) is 12.3 Å². The second-order valence-electron chi connectivity index (χ2n) is 17.6. The predicted octanol–water partition coefficient (Wildman–Crippen LogP) is 6.21. The number of hydrogen-bond donors (Lipinski definition) is 4. The fourth-order valence-corrected chi connectivity index (χ4v) is 10.8. The average Bonchev–Trinajstić information content (AvgIpc) is 3.96. The number of piperidine rings is 3. The number of amides is 3. The lowest BCUT2D eigenvalue weighted by Crippen LogP contribution is -2.52. The van der Waals surface area contributed by atoms with Crippen LogP contribution in [0.4, 0.5) is 28.9 Å². The van der Waals surface area contributed by atoms with Gasteiger partial charge in [0, 0.05) is 73.7 Å². The molecule has 4 aliphatic heterocycles. The van der Waals surface area contributed by atoms with Gasteiger partial charge in [-0.05, 0) is 117 Å². The molecule has 4 saturated heterocycles. The number of ketones is 1. The number of rotatable bonds is 12. The van der Waals surface area contributed by atoms with Crippen molar-refractivity contribution in [3.05, 3.63) is 113 Å². The van der Waals surface area contributed by atoms with E-state index in [1.54, 1.807) is 24.4 Å². The number of likely N-dealkylation sites (tertiary alicyclic amines) is 1. The van der Waals surface area contributed by atoms with Crippen molar-refractivity contribution in [2.75, 3.05) is 55.4 Å². The molecule has 19 heteroatoms. The average molecular weight is 929 g/mol. The molecule has 346 valence electrons. The summed E-state index contributed by atoms with van der Waals surface area (Å²) in [5.74, 6) is -5.21. The molecule has 4 N–H and O–H groups in total. The smallest absolute Gasteiger partial charge is 0.301 e. The summed E-state index contributed by atoms with van der Waals surface area (Å²) in [5, 5.41) is 5.10. The van der Waals surface area contributed by atoms with Crippen LogP contribution in [0.25, 0.3) is 22.2 Å². The highest BCUT2D eigenvalue weighted by Crippen LogP contribution is 2.34. The van der Waals surface area contributed by atoms with Crippen molar-refractivity contribution in [3.8, 4) is 11.1 Å². The maximum absolute atomic E-state index is 15.8. The highest BCUT2D eigenvalue weighted by atomic mass is 32.2. The molecule has 2 atom stereocenters. The highest BCUT2D eigenvalue weighted by Gasteiger charge is 2.34. The minimum absolute atomic E-state index is 0.00298. The van der Waals surface area contributed by atoms with Crippen molar-refractivity contribution in [1.82, 2.24) is 29.8 Å². The number of imide groups is 1. The predicted molar refractivity (Wildman–Crippen MR) is 238 cm³/mol. The molecular formula is C47H48F4N8O6S. The summed E-state index contributed by atoms with van der Waals surface area (Å²) < 4.78 is 87.8. The van der Waals surface area contributed by atoms with Gasteiger partial charge in [0.25, 0.3) is 5.91 Å². The summed E-state index contributed by atoms with van der Waals surface area (Å²) in [4.78, 5) is 62.5. The van der Waals surface area contributed by atoms with Crippen LogP contribution in [0.1, 0.15) is 82.7 Å². The molecule has 3 aromatic carbocycles. The zero-order valence-electron chi connectivity index (χ0n) is 35.8. The molecule has 0 aliphatic carbocycles. The Hall–Kier alpha value is -6.18. The van der Waals surface area contributed by atoms with E-state index in [9.17, 15) is 36.4 Å². The minimum atomic E-state index is -4.36. The Balaban J connectivity index is 0.783. The number of H-pyrrole nitrogens is 1. The number of nitrogens with one attached hydrogen (secondary N) is 4. The van der Waals surface area contributed by atoms with Gasteiger partial charge in [-0.25, -0.2) is 22.5 Å². The summed E-state index contributed by atoms with van der Waals surface area (Å²) in [7, 11) is -4.36. The number of aromatic nitrogens is 2. The Morgan fingerprint density at radius 3 is 2.27 bits per heavy atom. The summed E-state index contributed by atoms with van der Waals surface area (Å²) in [5.41, 5.74) is 1.99. The molecule has 6 heterocycles.